The zero-order valence-corrected chi connectivity index (χ0v) is 10.2. The summed E-state index contributed by atoms with van der Waals surface area (Å²) in [5.41, 5.74) is 0.191. The molecule has 0 bridgehead atoms. The number of hydrogen-bond donors (Lipinski definition) is 1. The molecule has 0 saturated carbocycles. The van der Waals surface area contributed by atoms with Crippen LogP contribution in [-0.4, -0.2) is 19.3 Å². The average molecular weight is 292 g/mol. The Labute approximate surface area is 101 Å². The molecular formula is C11H12BrF2NO. The first-order chi connectivity index (χ1) is 7.66. The highest BCUT2D eigenvalue weighted by atomic mass is 79.9. The molecule has 5 heteroatoms. The minimum absolute atomic E-state index is 0.0591. The largest absolute Gasteiger partial charge is 0.379 e. The Hall–Kier alpha value is -0.680. The summed E-state index contributed by atoms with van der Waals surface area (Å²) < 4.78 is 32.1. The van der Waals surface area contributed by atoms with E-state index in [1.165, 1.54) is 0 Å². The minimum atomic E-state index is -0.472. The van der Waals surface area contributed by atoms with Crippen molar-refractivity contribution < 1.29 is 13.5 Å². The molecule has 1 heterocycles. The third-order valence-corrected chi connectivity index (χ3v) is 3.14. The summed E-state index contributed by atoms with van der Waals surface area (Å²) in [6.45, 7) is 1.28. The predicted octanol–water partition coefficient (Wildman–Crippen LogP) is 3.32. The van der Waals surface area contributed by atoms with Gasteiger partial charge in [-0.25, -0.2) is 8.78 Å². The summed E-state index contributed by atoms with van der Waals surface area (Å²) in [6.07, 6.45) is 1.86. The van der Waals surface area contributed by atoms with Crippen molar-refractivity contribution in [2.45, 2.75) is 18.9 Å². The van der Waals surface area contributed by atoms with E-state index >= 15 is 0 Å². The zero-order valence-electron chi connectivity index (χ0n) is 8.60. The summed E-state index contributed by atoms with van der Waals surface area (Å²) in [5.74, 6) is -0.931. The molecule has 1 fully saturated rings. The van der Waals surface area contributed by atoms with Crippen molar-refractivity contribution in [3.8, 4) is 0 Å². The Balaban J connectivity index is 2.11. The molecule has 2 rings (SSSR count). The Bertz CT molecular complexity index is 380. The van der Waals surface area contributed by atoms with Gasteiger partial charge in [-0.1, -0.05) is 0 Å². The molecule has 1 aliphatic rings. The Morgan fingerprint density at radius 3 is 2.81 bits per heavy atom. The van der Waals surface area contributed by atoms with E-state index < -0.39 is 11.6 Å². The summed E-state index contributed by atoms with van der Waals surface area (Å²) in [5, 5.41) is 2.96. The average Bonchev–Trinajstić information content (AvgIpc) is 2.27. The number of ether oxygens (including phenoxy) is 1. The van der Waals surface area contributed by atoms with Crippen LogP contribution in [-0.2, 0) is 4.74 Å². The Kier molecular flexibility index (Phi) is 3.76. The van der Waals surface area contributed by atoms with Crippen molar-refractivity contribution in [3.63, 3.8) is 0 Å². The van der Waals surface area contributed by atoms with Gasteiger partial charge in [0.15, 0.2) is 0 Å². The summed E-state index contributed by atoms with van der Waals surface area (Å²) in [7, 11) is 0. The molecule has 0 radical (unpaired) electrons. The molecule has 0 amide bonds. The molecule has 1 unspecified atom stereocenters. The maximum atomic E-state index is 13.5. The van der Waals surface area contributed by atoms with Crippen LogP contribution in [0, 0.1) is 11.6 Å². The summed E-state index contributed by atoms with van der Waals surface area (Å²) in [4.78, 5) is 0. The third kappa shape index (κ3) is 2.71. The first-order valence-electron chi connectivity index (χ1n) is 5.15. The molecule has 1 saturated heterocycles. The van der Waals surface area contributed by atoms with Gasteiger partial charge in [-0.15, -0.1) is 0 Å². The van der Waals surface area contributed by atoms with E-state index in [2.05, 4.69) is 21.2 Å². The van der Waals surface area contributed by atoms with Gasteiger partial charge in [0.1, 0.15) is 11.6 Å². The van der Waals surface area contributed by atoms with Crippen LogP contribution in [0.1, 0.15) is 12.8 Å². The van der Waals surface area contributed by atoms with E-state index in [0.29, 0.717) is 6.61 Å². The van der Waals surface area contributed by atoms with Crippen molar-refractivity contribution in [1.82, 2.24) is 0 Å². The van der Waals surface area contributed by atoms with E-state index in [1.54, 1.807) is 0 Å². The highest BCUT2D eigenvalue weighted by molar-refractivity contribution is 9.10. The van der Waals surface area contributed by atoms with Crippen LogP contribution < -0.4 is 5.32 Å². The fourth-order valence-electron chi connectivity index (χ4n) is 1.71. The molecule has 0 spiro atoms. The highest BCUT2D eigenvalue weighted by Crippen LogP contribution is 2.24. The van der Waals surface area contributed by atoms with Crippen LogP contribution in [0.15, 0.2) is 16.6 Å². The molecule has 88 valence electrons. The van der Waals surface area contributed by atoms with E-state index in [1.807, 2.05) is 0 Å². The Morgan fingerprint density at radius 1 is 1.31 bits per heavy atom. The standard InChI is InChI=1S/C11H12BrF2NO/c12-8-4-10(14)11(5-9(8)13)15-7-2-1-3-16-6-7/h4-5,7,15H,1-3,6H2. The molecule has 0 aromatic heterocycles. The molecular weight excluding hydrogens is 280 g/mol. The maximum Gasteiger partial charge on any atom is 0.147 e. The van der Waals surface area contributed by atoms with Gasteiger partial charge in [-0.2, -0.15) is 0 Å². The van der Waals surface area contributed by atoms with Gasteiger partial charge in [-0.05, 0) is 34.8 Å². The van der Waals surface area contributed by atoms with Crippen molar-refractivity contribution in [2.24, 2.45) is 0 Å². The molecule has 1 aliphatic heterocycles. The van der Waals surface area contributed by atoms with Gasteiger partial charge in [0.2, 0.25) is 0 Å². The predicted molar refractivity (Wildman–Crippen MR) is 61.5 cm³/mol. The molecule has 1 aromatic carbocycles. The first kappa shape index (κ1) is 11.8. The lowest BCUT2D eigenvalue weighted by molar-refractivity contribution is 0.0875. The summed E-state index contributed by atoms with van der Waals surface area (Å²) in [6, 6.07) is 2.35. The lowest BCUT2D eigenvalue weighted by Crippen LogP contribution is -2.30. The maximum absolute atomic E-state index is 13.5. The quantitative estimate of drug-likeness (QED) is 0.844. The molecule has 0 aliphatic carbocycles. The van der Waals surface area contributed by atoms with Crippen molar-refractivity contribution >= 4 is 21.6 Å². The molecule has 2 nitrogen and oxygen atoms in total. The van der Waals surface area contributed by atoms with Gasteiger partial charge >= 0.3 is 0 Å². The van der Waals surface area contributed by atoms with Crippen molar-refractivity contribution in [3.05, 3.63) is 28.2 Å². The topological polar surface area (TPSA) is 21.3 Å². The van der Waals surface area contributed by atoms with Crippen LogP contribution in [0.3, 0.4) is 0 Å². The fourth-order valence-corrected chi connectivity index (χ4v) is 2.02. The van der Waals surface area contributed by atoms with E-state index in [-0.39, 0.29) is 16.2 Å². The van der Waals surface area contributed by atoms with E-state index in [0.717, 1.165) is 31.6 Å². The molecule has 1 aromatic rings. The molecule has 1 N–H and O–H groups in total. The van der Waals surface area contributed by atoms with Gasteiger partial charge in [0, 0.05) is 18.7 Å². The van der Waals surface area contributed by atoms with Gasteiger partial charge in [-0.3, -0.25) is 0 Å². The SMILES string of the molecule is Fc1cc(NC2CCCOC2)c(F)cc1Br. The van der Waals surface area contributed by atoms with Gasteiger partial charge < -0.3 is 10.1 Å². The van der Waals surface area contributed by atoms with Crippen LogP contribution in [0.4, 0.5) is 14.5 Å². The van der Waals surface area contributed by atoms with Crippen molar-refractivity contribution in [2.75, 3.05) is 18.5 Å². The zero-order chi connectivity index (χ0) is 11.5. The lowest BCUT2D eigenvalue weighted by atomic mass is 10.1. The fraction of sp³-hybridized carbons (Fsp3) is 0.455. The van der Waals surface area contributed by atoms with Gasteiger partial charge in [0.25, 0.3) is 0 Å². The van der Waals surface area contributed by atoms with E-state index in [9.17, 15) is 8.78 Å². The highest BCUT2D eigenvalue weighted by Gasteiger charge is 2.16. The van der Waals surface area contributed by atoms with Gasteiger partial charge in [0.05, 0.1) is 16.8 Å². The lowest BCUT2D eigenvalue weighted by Gasteiger charge is -2.24. The third-order valence-electron chi connectivity index (χ3n) is 2.53. The Morgan fingerprint density at radius 2 is 2.12 bits per heavy atom. The summed E-state index contributed by atoms with van der Waals surface area (Å²) >= 11 is 2.94. The minimum Gasteiger partial charge on any atom is -0.379 e. The number of halogens is 3. The molecule has 16 heavy (non-hydrogen) atoms. The monoisotopic (exact) mass is 291 g/mol. The second-order valence-electron chi connectivity index (χ2n) is 3.80. The second kappa shape index (κ2) is 5.10. The number of nitrogens with one attached hydrogen (secondary N) is 1. The van der Waals surface area contributed by atoms with E-state index in [4.69, 9.17) is 4.74 Å². The first-order valence-corrected chi connectivity index (χ1v) is 5.95. The van der Waals surface area contributed by atoms with Crippen LogP contribution >= 0.6 is 15.9 Å². The second-order valence-corrected chi connectivity index (χ2v) is 4.66. The van der Waals surface area contributed by atoms with Crippen LogP contribution in [0.5, 0.6) is 0 Å². The number of rotatable bonds is 2. The number of hydrogen-bond acceptors (Lipinski definition) is 2. The number of anilines is 1. The normalized spacial score (nSPS) is 20.8. The van der Waals surface area contributed by atoms with Crippen LogP contribution in [0.25, 0.3) is 0 Å². The smallest absolute Gasteiger partial charge is 0.147 e. The molecule has 1 atom stereocenters. The van der Waals surface area contributed by atoms with Crippen LogP contribution in [0.2, 0.25) is 0 Å². The number of benzene rings is 1. The van der Waals surface area contributed by atoms with Crippen molar-refractivity contribution in [1.29, 1.82) is 0 Å².